The van der Waals surface area contributed by atoms with Gasteiger partial charge < -0.3 is 15.2 Å². The molecule has 2 N–H and O–H groups in total. The molecule has 3 aromatic rings. The van der Waals surface area contributed by atoms with E-state index in [1.165, 1.54) is 16.3 Å². The molecule has 0 aliphatic rings. The molecular formula is C21H28N6. The number of aliphatic imine (C=N–C) groups is 1. The average molecular weight is 364 g/mol. The minimum Gasteiger partial charge on any atom is -0.357 e. The first-order chi connectivity index (χ1) is 13.3. The van der Waals surface area contributed by atoms with Gasteiger partial charge in [-0.2, -0.15) is 0 Å². The van der Waals surface area contributed by atoms with Crippen LogP contribution < -0.4 is 10.6 Å². The molecule has 0 saturated carbocycles. The smallest absolute Gasteiger partial charge is 0.191 e. The number of hydrogen-bond donors (Lipinski definition) is 2. The van der Waals surface area contributed by atoms with Gasteiger partial charge in [0.15, 0.2) is 5.96 Å². The Kier molecular flexibility index (Phi) is 6.79. The van der Waals surface area contributed by atoms with Crippen molar-refractivity contribution in [3.63, 3.8) is 0 Å². The van der Waals surface area contributed by atoms with E-state index in [9.17, 15) is 0 Å². The van der Waals surface area contributed by atoms with E-state index < -0.39 is 0 Å². The standard InChI is InChI=1S/C21H28N6/c1-3-20-26-25-16-27(20)15-14-24-21(22-4-2)23-13-12-18-10-7-9-17-8-5-6-11-19(17)18/h5-11,16H,3-4,12-15H2,1-2H3,(H2,22,23,24). The molecule has 6 nitrogen and oxygen atoms in total. The summed E-state index contributed by atoms with van der Waals surface area (Å²) >= 11 is 0. The van der Waals surface area contributed by atoms with E-state index in [0.717, 1.165) is 50.8 Å². The number of benzene rings is 2. The summed E-state index contributed by atoms with van der Waals surface area (Å²) in [5.74, 6) is 1.86. The Labute approximate surface area is 160 Å². The largest absolute Gasteiger partial charge is 0.357 e. The number of aryl methyl sites for hydroxylation is 1. The average Bonchev–Trinajstić information content (AvgIpc) is 3.15. The third kappa shape index (κ3) is 5.06. The zero-order valence-electron chi connectivity index (χ0n) is 16.2. The van der Waals surface area contributed by atoms with Crippen LogP contribution in [0, 0.1) is 0 Å². The first kappa shape index (κ1) is 18.9. The Bertz CT molecular complexity index is 878. The second-order valence-corrected chi connectivity index (χ2v) is 6.37. The van der Waals surface area contributed by atoms with Crippen molar-refractivity contribution < 1.29 is 0 Å². The Balaban J connectivity index is 1.57. The second-order valence-electron chi connectivity index (χ2n) is 6.37. The van der Waals surface area contributed by atoms with Crippen LogP contribution >= 0.6 is 0 Å². The molecule has 0 amide bonds. The van der Waals surface area contributed by atoms with Gasteiger partial charge in [-0.3, -0.25) is 4.99 Å². The molecule has 0 radical (unpaired) electrons. The third-order valence-electron chi connectivity index (χ3n) is 4.53. The molecule has 6 heteroatoms. The molecule has 142 valence electrons. The van der Waals surface area contributed by atoms with Crippen LogP contribution in [0.2, 0.25) is 0 Å². The number of rotatable bonds is 8. The summed E-state index contributed by atoms with van der Waals surface area (Å²) in [4.78, 5) is 4.73. The summed E-state index contributed by atoms with van der Waals surface area (Å²) in [5.41, 5.74) is 1.34. The highest BCUT2D eigenvalue weighted by Gasteiger charge is 2.03. The molecule has 0 aliphatic heterocycles. The molecule has 2 aromatic carbocycles. The zero-order chi connectivity index (χ0) is 18.9. The highest BCUT2D eigenvalue weighted by Crippen LogP contribution is 2.18. The van der Waals surface area contributed by atoms with Crippen molar-refractivity contribution >= 4 is 16.7 Å². The minimum atomic E-state index is 0.746. The van der Waals surface area contributed by atoms with Crippen molar-refractivity contribution in [1.29, 1.82) is 0 Å². The topological polar surface area (TPSA) is 67.1 Å². The number of nitrogens with zero attached hydrogens (tertiary/aromatic N) is 4. The van der Waals surface area contributed by atoms with Crippen molar-refractivity contribution in [2.24, 2.45) is 4.99 Å². The van der Waals surface area contributed by atoms with Gasteiger partial charge in [-0.1, -0.05) is 49.4 Å². The van der Waals surface area contributed by atoms with E-state index in [1.807, 2.05) is 0 Å². The SMILES string of the molecule is CCNC(=NCCc1cccc2ccccc12)NCCn1cnnc1CC. The first-order valence-electron chi connectivity index (χ1n) is 9.67. The van der Waals surface area contributed by atoms with Crippen molar-refractivity contribution in [2.45, 2.75) is 33.2 Å². The van der Waals surface area contributed by atoms with Crippen molar-refractivity contribution in [3.05, 3.63) is 60.2 Å². The lowest BCUT2D eigenvalue weighted by molar-refractivity contribution is 0.632. The summed E-state index contributed by atoms with van der Waals surface area (Å²) in [7, 11) is 0. The fourth-order valence-electron chi connectivity index (χ4n) is 3.17. The summed E-state index contributed by atoms with van der Waals surface area (Å²) in [6.45, 7) is 7.36. The van der Waals surface area contributed by atoms with Crippen LogP contribution in [-0.2, 0) is 19.4 Å². The summed E-state index contributed by atoms with van der Waals surface area (Å²) in [5, 5.41) is 17.4. The van der Waals surface area contributed by atoms with Crippen LogP contribution in [0.4, 0.5) is 0 Å². The maximum atomic E-state index is 4.73. The van der Waals surface area contributed by atoms with Gasteiger partial charge in [0.2, 0.25) is 0 Å². The second kappa shape index (κ2) is 9.71. The van der Waals surface area contributed by atoms with E-state index in [-0.39, 0.29) is 0 Å². The zero-order valence-corrected chi connectivity index (χ0v) is 16.2. The molecule has 0 atom stereocenters. The maximum absolute atomic E-state index is 4.73. The molecule has 3 rings (SSSR count). The fraction of sp³-hybridized carbons (Fsp3) is 0.381. The number of nitrogens with one attached hydrogen (secondary N) is 2. The van der Waals surface area contributed by atoms with E-state index in [1.54, 1.807) is 6.33 Å². The Morgan fingerprint density at radius 2 is 1.93 bits per heavy atom. The molecule has 1 heterocycles. The molecule has 0 unspecified atom stereocenters. The number of hydrogen-bond acceptors (Lipinski definition) is 3. The van der Waals surface area contributed by atoms with E-state index >= 15 is 0 Å². The molecule has 0 saturated heterocycles. The lowest BCUT2D eigenvalue weighted by Crippen LogP contribution is -2.39. The van der Waals surface area contributed by atoms with Gasteiger partial charge in [0.05, 0.1) is 0 Å². The van der Waals surface area contributed by atoms with E-state index in [4.69, 9.17) is 4.99 Å². The normalized spacial score (nSPS) is 11.7. The predicted octanol–water partition coefficient (Wildman–Crippen LogP) is 2.79. The van der Waals surface area contributed by atoms with Crippen LogP contribution in [0.1, 0.15) is 25.2 Å². The highest BCUT2D eigenvalue weighted by molar-refractivity contribution is 5.85. The Morgan fingerprint density at radius 3 is 2.78 bits per heavy atom. The van der Waals surface area contributed by atoms with Gasteiger partial charge in [0.25, 0.3) is 0 Å². The molecule has 0 spiro atoms. The van der Waals surface area contributed by atoms with E-state index in [0.29, 0.717) is 0 Å². The summed E-state index contributed by atoms with van der Waals surface area (Å²) in [6, 6.07) is 15.0. The van der Waals surface area contributed by atoms with Gasteiger partial charge in [-0.05, 0) is 29.7 Å². The van der Waals surface area contributed by atoms with Crippen molar-refractivity contribution in [2.75, 3.05) is 19.6 Å². The number of aromatic nitrogens is 3. The summed E-state index contributed by atoms with van der Waals surface area (Å²) in [6.07, 6.45) is 3.59. The van der Waals surface area contributed by atoms with Gasteiger partial charge in [-0.15, -0.1) is 10.2 Å². The molecule has 0 bridgehead atoms. The van der Waals surface area contributed by atoms with Crippen molar-refractivity contribution in [3.8, 4) is 0 Å². The minimum absolute atomic E-state index is 0.746. The van der Waals surface area contributed by atoms with Crippen LogP contribution in [0.5, 0.6) is 0 Å². The molecule has 1 aromatic heterocycles. The molecular weight excluding hydrogens is 336 g/mol. The van der Waals surface area contributed by atoms with Crippen LogP contribution in [0.3, 0.4) is 0 Å². The van der Waals surface area contributed by atoms with E-state index in [2.05, 4.69) is 81.7 Å². The Hall–Kier alpha value is -2.89. The monoisotopic (exact) mass is 364 g/mol. The number of fused-ring (bicyclic) bond motifs is 1. The highest BCUT2D eigenvalue weighted by atomic mass is 15.3. The van der Waals surface area contributed by atoms with Gasteiger partial charge in [0.1, 0.15) is 12.2 Å². The lowest BCUT2D eigenvalue weighted by Gasteiger charge is -2.12. The lowest BCUT2D eigenvalue weighted by atomic mass is 10.0. The van der Waals surface area contributed by atoms with Crippen LogP contribution in [0.15, 0.2) is 53.8 Å². The quantitative estimate of drug-likeness (QED) is 0.476. The van der Waals surface area contributed by atoms with Crippen LogP contribution in [0.25, 0.3) is 10.8 Å². The predicted molar refractivity (Wildman–Crippen MR) is 111 cm³/mol. The maximum Gasteiger partial charge on any atom is 0.191 e. The molecule has 0 aliphatic carbocycles. The van der Waals surface area contributed by atoms with Crippen molar-refractivity contribution in [1.82, 2.24) is 25.4 Å². The fourth-order valence-corrected chi connectivity index (χ4v) is 3.17. The van der Waals surface area contributed by atoms with Gasteiger partial charge in [0, 0.05) is 32.6 Å². The molecule has 0 fully saturated rings. The Morgan fingerprint density at radius 1 is 1.07 bits per heavy atom. The number of guanidine groups is 1. The summed E-state index contributed by atoms with van der Waals surface area (Å²) < 4.78 is 2.08. The van der Waals surface area contributed by atoms with Gasteiger partial charge in [-0.25, -0.2) is 0 Å². The van der Waals surface area contributed by atoms with Crippen LogP contribution in [-0.4, -0.2) is 40.4 Å². The third-order valence-corrected chi connectivity index (χ3v) is 4.53. The first-order valence-corrected chi connectivity index (χ1v) is 9.67. The van der Waals surface area contributed by atoms with Gasteiger partial charge >= 0.3 is 0 Å². The molecule has 27 heavy (non-hydrogen) atoms.